The molecule has 0 bridgehead atoms. The van der Waals surface area contributed by atoms with Crippen molar-refractivity contribution < 1.29 is 38.2 Å². The third-order valence-electron chi connectivity index (χ3n) is 7.00. The van der Waals surface area contributed by atoms with Gasteiger partial charge in [-0.05, 0) is 62.1 Å². The molecule has 10 nitrogen and oxygen atoms in total. The van der Waals surface area contributed by atoms with Crippen LogP contribution in [0.1, 0.15) is 25.0 Å². The van der Waals surface area contributed by atoms with Crippen molar-refractivity contribution in [2.75, 3.05) is 13.6 Å². The van der Waals surface area contributed by atoms with Crippen LogP contribution >= 0.6 is 0 Å². The Morgan fingerprint density at radius 2 is 1.09 bits per heavy atom. The third kappa shape index (κ3) is 2.68. The lowest BCUT2D eigenvalue weighted by molar-refractivity contribution is -0.163. The molecular weight excluding hydrogens is 444 g/mol. The van der Waals surface area contributed by atoms with Gasteiger partial charge in [0.25, 0.3) is 0 Å². The minimum Gasteiger partial charge on any atom is -0.454 e. The molecule has 2 atom stereocenters. The fraction of sp³-hybridized carbons (Fsp3) is 0.333. The molecule has 0 saturated carbocycles. The smallest absolute Gasteiger partial charge is 0.348 e. The van der Waals surface area contributed by atoms with E-state index in [2.05, 4.69) is 10.3 Å². The number of rotatable bonds is 5. The summed E-state index contributed by atoms with van der Waals surface area (Å²) in [5, 5.41) is 8.00. The Bertz CT molecular complexity index is 1200. The molecule has 10 heteroatoms. The molecule has 0 spiro atoms. The summed E-state index contributed by atoms with van der Waals surface area (Å²) in [6, 6.07) is 10.8. The lowest BCUT2D eigenvalue weighted by Gasteiger charge is -2.40. The van der Waals surface area contributed by atoms with E-state index in [4.69, 9.17) is 28.6 Å². The fourth-order valence-electron chi connectivity index (χ4n) is 5.21. The average Bonchev–Trinajstić information content (AvgIpc) is 3.60. The molecule has 6 rings (SSSR count). The lowest BCUT2D eigenvalue weighted by atomic mass is 9.54. The van der Waals surface area contributed by atoms with Gasteiger partial charge in [-0.3, -0.25) is 0 Å². The number of carbonyl (C=O) groups is 2. The molecule has 4 aliphatic heterocycles. The van der Waals surface area contributed by atoms with Crippen molar-refractivity contribution in [2.45, 2.75) is 26.7 Å². The van der Waals surface area contributed by atoms with Crippen LogP contribution in [0.4, 0.5) is 0 Å². The quantitative estimate of drug-likeness (QED) is 0.621. The predicted molar refractivity (Wildman–Crippen MR) is 116 cm³/mol. The van der Waals surface area contributed by atoms with E-state index in [9.17, 15) is 9.59 Å². The number of nitrogens with zero attached hydrogens (tertiary/aromatic N) is 2. The number of fused-ring (bicyclic) bond motifs is 2. The molecule has 0 fully saturated rings. The summed E-state index contributed by atoms with van der Waals surface area (Å²) in [7, 11) is 0. The summed E-state index contributed by atoms with van der Waals surface area (Å²) >= 11 is 0. The highest BCUT2D eigenvalue weighted by Crippen LogP contribution is 2.54. The van der Waals surface area contributed by atoms with E-state index in [1.165, 1.54) is 0 Å². The summed E-state index contributed by atoms with van der Waals surface area (Å²) in [6.07, 6.45) is 0.231. The molecule has 2 aromatic rings. The Labute approximate surface area is 194 Å². The van der Waals surface area contributed by atoms with E-state index < -0.39 is 22.8 Å². The van der Waals surface area contributed by atoms with Gasteiger partial charge in [-0.25, -0.2) is 9.59 Å². The summed E-state index contributed by atoms with van der Waals surface area (Å²) < 4.78 is 21.8. The molecule has 0 N–H and O–H groups in total. The molecule has 34 heavy (non-hydrogen) atoms. The van der Waals surface area contributed by atoms with Crippen molar-refractivity contribution in [2.24, 2.45) is 21.1 Å². The van der Waals surface area contributed by atoms with E-state index in [1.807, 2.05) is 12.1 Å². The van der Waals surface area contributed by atoms with Crippen molar-refractivity contribution >= 4 is 23.4 Å². The van der Waals surface area contributed by atoms with Crippen LogP contribution < -0.4 is 18.9 Å². The van der Waals surface area contributed by atoms with Crippen LogP contribution in [0.3, 0.4) is 0 Å². The highest BCUT2D eigenvalue weighted by Gasteiger charge is 2.70. The first-order chi connectivity index (χ1) is 16.4. The Kier molecular flexibility index (Phi) is 4.35. The zero-order valence-corrected chi connectivity index (χ0v) is 18.5. The van der Waals surface area contributed by atoms with Gasteiger partial charge in [-0.15, -0.1) is 0 Å². The minimum absolute atomic E-state index is 0.115. The van der Waals surface area contributed by atoms with Gasteiger partial charge in [-0.2, -0.15) is 0 Å². The van der Waals surface area contributed by atoms with Crippen molar-refractivity contribution in [1.82, 2.24) is 0 Å². The van der Waals surface area contributed by atoms with Gasteiger partial charge in [0.15, 0.2) is 23.0 Å². The fourth-order valence-corrected chi connectivity index (χ4v) is 5.21. The summed E-state index contributed by atoms with van der Waals surface area (Å²) in [6.45, 7) is 3.60. The first kappa shape index (κ1) is 20.5. The van der Waals surface area contributed by atoms with Crippen LogP contribution in [0.15, 0.2) is 46.7 Å². The van der Waals surface area contributed by atoms with Crippen LogP contribution in [0, 0.1) is 10.8 Å². The van der Waals surface area contributed by atoms with Gasteiger partial charge >= 0.3 is 11.9 Å². The minimum atomic E-state index is -1.49. The van der Waals surface area contributed by atoms with Gasteiger partial charge < -0.3 is 28.6 Å². The van der Waals surface area contributed by atoms with Crippen molar-refractivity contribution in [3.05, 3.63) is 47.5 Å². The highest BCUT2D eigenvalue weighted by atomic mass is 16.7. The standard InChI is InChI=1S/C24H20N2O8/c1-13-23(21(27)33-25-13,9-15-3-5-17-19(7-15)31-11-29-17)24(14(2)26-34-22(24)28)10-16-4-6-18-20(8-16)32-12-30-18/h3-8H,9-12H2,1-2H3. The second-order valence-corrected chi connectivity index (χ2v) is 8.65. The molecule has 2 unspecified atom stereocenters. The van der Waals surface area contributed by atoms with Crippen molar-refractivity contribution in [3.8, 4) is 23.0 Å². The maximum Gasteiger partial charge on any atom is 0.348 e. The predicted octanol–water partition coefficient (Wildman–Crippen LogP) is 2.77. The topological polar surface area (TPSA) is 114 Å². The van der Waals surface area contributed by atoms with Crippen LogP contribution in [0.5, 0.6) is 23.0 Å². The number of hydrogen-bond acceptors (Lipinski definition) is 10. The molecule has 0 aromatic heterocycles. The first-order valence-electron chi connectivity index (χ1n) is 10.7. The number of oxime groups is 2. The van der Waals surface area contributed by atoms with Crippen LogP contribution in [-0.2, 0) is 32.1 Å². The average molecular weight is 464 g/mol. The Morgan fingerprint density at radius 3 is 1.47 bits per heavy atom. The number of carbonyl (C=O) groups excluding carboxylic acids is 2. The van der Waals surface area contributed by atoms with Gasteiger partial charge in [-0.1, -0.05) is 22.4 Å². The zero-order valence-electron chi connectivity index (χ0n) is 18.5. The van der Waals surface area contributed by atoms with Crippen LogP contribution in [0.2, 0.25) is 0 Å². The molecule has 174 valence electrons. The summed E-state index contributed by atoms with van der Waals surface area (Å²) in [4.78, 5) is 37.4. The maximum atomic E-state index is 13.5. The van der Waals surface area contributed by atoms with Crippen molar-refractivity contribution in [1.29, 1.82) is 0 Å². The van der Waals surface area contributed by atoms with Crippen LogP contribution in [-0.4, -0.2) is 36.9 Å². The van der Waals surface area contributed by atoms with Gasteiger partial charge in [0.2, 0.25) is 13.6 Å². The van der Waals surface area contributed by atoms with Gasteiger partial charge in [0, 0.05) is 0 Å². The maximum absolute atomic E-state index is 13.5. The molecule has 0 amide bonds. The Morgan fingerprint density at radius 1 is 0.676 bits per heavy atom. The normalized spacial score (nSPS) is 26.3. The number of ether oxygens (including phenoxy) is 4. The molecule has 0 saturated heterocycles. The van der Waals surface area contributed by atoms with Gasteiger partial charge in [0.1, 0.15) is 10.8 Å². The first-order valence-corrected chi connectivity index (χ1v) is 10.7. The SMILES string of the molecule is CC1=NOC(=O)C1(Cc1ccc2c(c1)OCO2)C1(Cc2ccc3c(c2)OCO3)C(=O)ON=C1C. The number of hydrogen-bond donors (Lipinski definition) is 0. The van der Waals surface area contributed by atoms with Crippen molar-refractivity contribution in [3.63, 3.8) is 0 Å². The van der Waals surface area contributed by atoms with Crippen LogP contribution in [0.25, 0.3) is 0 Å². The Balaban J connectivity index is 1.49. The molecule has 4 heterocycles. The molecule has 0 aliphatic carbocycles. The molecular formula is C24H20N2O8. The Hall–Kier alpha value is -4.08. The lowest BCUT2D eigenvalue weighted by Crippen LogP contribution is -2.59. The highest BCUT2D eigenvalue weighted by molar-refractivity contribution is 6.22. The summed E-state index contributed by atoms with van der Waals surface area (Å²) in [5.41, 5.74) is -0.754. The molecule has 4 aliphatic rings. The molecule has 2 aromatic carbocycles. The van der Waals surface area contributed by atoms with E-state index in [0.29, 0.717) is 34.4 Å². The van der Waals surface area contributed by atoms with E-state index in [0.717, 1.165) is 11.1 Å². The zero-order chi connectivity index (χ0) is 23.5. The largest absolute Gasteiger partial charge is 0.454 e. The van der Waals surface area contributed by atoms with E-state index >= 15 is 0 Å². The summed E-state index contributed by atoms with van der Waals surface area (Å²) in [5.74, 6) is 1.08. The second kappa shape index (κ2) is 7.21. The number of benzene rings is 2. The monoisotopic (exact) mass is 464 g/mol. The molecule has 0 radical (unpaired) electrons. The van der Waals surface area contributed by atoms with E-state index in [-0.39, 0.29) is 26.4 Å². The second-order valence-electron chi connectivity index (χ2n) is 8.65. The van der Waals surface area contributed by atoms with E-state index in [1.54, 1.807) is 38.1 Å². The van der Waals surface area contributed by atoms with Gasteiger partial charge in [0.05, 0.1) is 11.4 Å². The third-order valence-corrected chi connectivity index (χ3v) is 7.00.